The van der Waals surface area contributed by atoms with Crippen molar-refractivity contribution in [2.24, 2.45) is 5.14 Å². The fraction of sp³-hybridized carbons (Fsp3) is 0.391. The van der Waals surface area contributed by atoms with E-state index in [1.807, 2.05) is 37.6 Å². The van der Waals surface area contributed by atoms with E-state index in [1.54, 1.807) is 6.07 Å². The highest BCUT2D eigenvalue weighted by molar-refractivity contribution is 7.89. The van der Waals surface area contributed by atoms with Gasteiger partial charge in [0.15, 0.2) is 5.13 Å². The summed E-state index contributed by atoms with van der Waals surface area (Å²) in [6.45, 7) is 9.99. The molecule has 3 aromatic rings. The van der Waals surface area contributed by atoms with E-state index in [-0.39, 0.29) is 11.0 Å². The minimum absolute atomic E-state index is 0.000719. The van der Waals surface area contributed by atoms with E-state index in [2.05, 4.69) is 39.3 Å². The number of hydrogen-bond acceptors (Lipinski definition) is 9. The van der Waals surface area contributed by atoms with Crippen LogP contribution < -0.4 is 25.4 Å². The zero-order valence-corrected chi connectivity index (χ0v) is 21.3. The van der Waals surface area contributed by atoms with Crippen molar-refractivity contribution in [3.63, 3.8) is 0 Å². The van der Waals surface area contributed by atoms with Crippen molar-refractivity contribution in [1.29, 1.82) is 0 Å². The third-order valence-electron chi connectivity index (χ3n) is 5.31. The van der Waals surface area contributed by atoms with E-state index in [9.17, 15) is 8.42 Å². The maximum Gasteiger partial charge on any atom is 0.238 e. The zero-order valence-electron chi connectivity index (χ0n) is 19.6. The minimum Gasteiger partial charge on any atom is -0.489 e. The highest BCUT2D eigenvalue weighted by atomic mass is 32.2. The number of rotatable bonds is 7. The minimum atomic E-state index is -3.85. The normalized spacial score (nSPS) is 18.8. The van der Waals surface area contributed by atoms with Gasteiger partial charge in [-0.2, -0.15) is 0 Å². The van der Waals surface area contributed by atoms with E-state index in [4.69, 9.17) is 9.88 Å². The van der Waals surface area contributed by atoms with Gasteiger partial charge in [-0.3, -0.25) is 0 Å². The Morgan fingerprint density at radius 2 is 1.94 bits per heavy atom. The van der Waals surface area contributed by atoms with Crippen LogP contribution in [0.1, 0.15) is 27.7 Å². The average molecular weight is 503 g/mol. The van der Waals surface area contributed by atoms with Gasteiger partial charge in [0.2, 0.25) is 10.0 Å². The van der Waals surface area contributed by atoms with Gasteiger partial charge in [0.25, 0.3) is 0 Å². The number of nitrogens with one attached hydrogen (secondary N) is 2. The fourth-order valence-corrected chi connectivity index (χ4v) is 5.23. The Bertz CT molecular complexity index is 1230. The molecular weight excluding hydrogens is 472 g/mol. The summed E-state index contributed by atoms with van der Waals surface area (Å²) in [6, 6.07) is 9.35. The molecule has 2 atom stereocenters. The number of sulfonamides is 1. The summed E-state index contributed by atoms with van der Waals surface area (Å²) in [7, 11) is -3.85. The number of pyridine rings is 1. The van der Waals surface area contributed by atoms with Gasteiger partial charge in [-0.15, -0.1) is 11.3 Å². The second kappa shape index (κ2) is 9.87. The second-order valence-electron chi connectivity index (χ2n) is 8.81. The number of nitrogens with zero attached hydrogens (tertiary/aromatic N) is 3. The molecule has 0 amide bonds. The maximum atomic E-state index is 11.8. The summed E-state index contributed by atoms with van der Waals surface area (Å²) in [5.74, 6) is 1.47. The monoisotopic (exact) mass is 502 g/mol. The van der Waals surface area contributed by atoms with E-state index in [0.29, 0.717) is 28.7 Å². The molecule has 4 rings (SSSR count). The lowest BCUT2D eigenvalue weighted by Gasteiger charge is -2.36. The number of benzene rings is 1. The predicted octanol–water partition coefficient (Wildman–Crippen LogP) is 3.57. The molecule has 182 valence electrons. The molecule has 1 fully saturated rings. The Hall–Kier alpha value is -2.73. The van der Waals surface area contributed by atoms with Crippen molar-refractivity contribution in [1.82, 2.24) is 15.3 Å². The van der Waals surface area contributed by atoms with Gasteiger partial charge in [0.1, 0.15) is 11.6 Å². The third-order valence-corrected chi connectivity index (χ3v) is 6.98. The molecule has 0 spiro atoms. The highest BCUT2D eigenvalue weighted by Gasteiger charge is 2.22. The molecule has 1 aliphatic rings. The van der Waals surface area contributed by atoms with Crippen LogP contribution in [0.4, 0.5) is 16.6 Å². The third kappa shape index (κ3) is 5.84. The van der Waals surface area contributed by atoms with Crippen LogP contribution in [0, 0.1) is 0 Å². The van der Waals surface area contributed by atoms with Gasteiger partial charge >= 0.3 is 0 Å². The largest absolute Gasteiger partial charge is 0.489 e. The molecule has 2 aromatic heterocycles. The van der Waals surface area contributed by atoms with E-state index in [0.717, 1.165) is 30.2 Å². The standard InChI is InChI=1S/C23H30N6O3S2/c1-14(2)32-21-7-6-18(34(24,30)31)9-19(21)27-23-28-20(13-33-23)17-5-8-22(25-10-17)29-11-15(3)26-16(4)12-29/h5-10,13-16,26H,11-12H2,1-4H3,(H,27,28)(H2,24,30,31)/t15-,16+. The van der Waals surface area contributed by atoms with Gasteiger partial charge in [0.05, 0.1) is 22.4 Å². The molecule has 1 saturated heterocycles. The molecule has 1 aromatic carbocycles. The summed E-state index contributed by atoms with van der Waals surface area (Å²) in [5, 5.41) is 14.6. The second-order valence-corrected chi connectivity index (χ2v) is 11.2. The number of aromatic nitrogens is 2. The summed E-state index contributed by atoms with van der Waals surface area (Å²) < 4.78 is 29.5. The first-order valence-corrected chi connectivity index (χ1v) is 13.5. The van der Waals surface area contributed by atoms with Crippen LogP contribution in [0.2, 0.25) is 0 Å². The zero-order chi connectivity index (χ0) is 24.5. The summed E-state index contributed by atoms with van der Waals surface area (Å²) >= 11 is 1.41. The molecule has 0 unspecified atom stereocenters. The number of ether oxygens (including phenoxy) is 1. The molecular formula is C23H30N6O3S2. The first kappa shape index (κ1) is 24.4. The summed E-state index contributed by atoms with van der Waals surface area (Å²) in [6.07, 6.45) is 1.75. The Kier molecular flexibility index (Phi) is 7.08. The summed E-state index contributed by atoms with van der Waals surface area (Å²) in [5.41, 5.74) is 2.17. The molecule has 3 heterocycles. The Morgan fingerprint density at radius 3 is 2.56 bits per heavy atom. The van der Waals surface area contributed by atoms with Crippen molar-refractivity contribution in [2.45, 2.75) is 50.8 Å². The lowest BCUT2D eigenvalue weighted by Crippen LogP contribution is -2.54. The Balaban J connectivity index is 1.54. The van der Waals surface area contributed by atoms with Crippen molar-refractivity contribution in [2.75, 3.05) is 23.3 Å². The molecule has 34 heavy (non-hydrogen) atoms. The number of nitrogens with two attached hydrogens (primary N) is 1. The lowest BCUT2D eigenvalue weighted by atomic mass is 10.1. The Labute approximate surface area is 204 Å². The average Bonchev–Trinajstić information content (AvgIpc) is 3.22. The number of thiazole rings is 1. The van der Waals surface area contributed by atoms with Crippen molar-refractivity contribution in [3.05, 3.63) is 41.9 Å². The SMILES string of the molecule is CC(C)Oc1ccc(S(N)(=O)=O)cc1Nc1nc(-c2ccc(N3C[C@@H](C)N[C@@H](C)C3)nc2)cs1. The van der Waals surface area contributed by atoms with E-state index in [1.165, 1.54) is 23.5 Å². The van der Waals surface area contributed by atoms with Crippen LogP contribution in [0.15, 0.2) is 46.8 Å². The molecule has 0 aliphatic carbocycles. The molecule has 1 aliphatic heterocycles. The van der Waals surface area contributed by atoms with Crippen LogP contribution in [-0.2, 0) is 10.0 Å². The van der Waals surface area contributed by atoms with E-state index < -0.39 is 10.0 Å². The molecule has 0 bridgehead atoms. The number of primary sulfonamides is 1. The molecule has 9 nitrogen and oxygen atoms in total. The Morgan fingerprint density at radius 1 is 1.21 bits per heavy atom. The van der Waals surface area contributed by atoms with Crippen LogP contribution in [-0.4, -0.2) is 49.7 Å². The quantitative estimate of drug-likeness (QED) is 0.448. The number of hydrogen-bond donors (Lipinski definition) is 3. The summed E-state index contributed by atoms with van der Waals surface area (Å²) in [4.78, 5) is 11.6. The van der Waals surface area contributed by atoms with Gasteiger partial charge in [-0.05, 0) is 58.0 Å². The fourth-order valence-electron chi connectivity index (χ4n) is 3.96. The molecule has 4 N–H and O–H groups in total. The van der Waals surface area contributed by atoms with Crippen LogP contribution >= 0.6 is 11.3 Å². The number of anilines is 3. The van der Waals surface area contributed by atoms with Crippen LogP contribution in [0.25, 0.3) is 11.3 Å². The highest BCUT2D eigenvalue weighted by Crippen LogP contribution is 2.34. The smallest absolute Gasteiger partial charge is 0.238 e. The maximum absolute atomic E-state index is 11.8. The van der Waals surface area contributed by atoms with Crippen molar-refractivity contribution >= 4 is 38.0 Å². The van der Waals surface area contributed by atoms with Gasteiger partial charge in [-0.1, -0.05) is 0 Å². The first-order chi connectivity index (χ1) is 16.1. The topological polar surface area (TPSA) is 122 Å². The van der Waals surface area contributed by atoms with Gasteiger partial charge in [-0.25, -0.2) is 23.5 Å². The van der Waals surface area contributed by atoms with Crippen LogP contribution in [0.5, 0.6) is 5.75 Å². The predicted molar refractivity (Wildman–Crippen MR) is 136 cm³/mol. The van der Waals surface area contributed by atoms with Crippen molar-refractivity contribution in [3.8, 4) is 17.0 Å². The molecule has 0 radical (unpaired) electrons. The number of piperazine rings is 1. The molecule has 0 saturated carbocycles. The first-order valence-electron chi connectivity index (χ1n) is 11.1. The van der Waals surface area contributed by atoms with E-state index >= 15 is 0 Å². The van der Waals surface area contributed by atoms with Crippen LogP contribution in [0.3, 0.4) is 0 Å². The van der Waals surface area contributed by atoms with Crippen molar-refractivity contribution < 1.29 is 13.2 Å². The van der Waals surface area contributed by atoms with Gasteiger partial charge < -0.3 is 20.3 Å². The lowest BCUT2D eigenvalue weighted by molar-refractivity contribution is 0.243. The molecule has 11 heteroatoms. The van der Waals surface area contributed by atoms with Gasteiger partial charge in [0, 0.05) is 42.3 Å².